The summed E-state index contributed by atoms with van der Waals surface area (Å²) in [6.07, 6.45) is 2.14. The highest BCUT2D eigenvalue weighted by Crippen LogP contribution is 2.29. The van der Waals surface area contributed by atoms with Gasteiger partial charge in [0, 0.05) is 28.0 Å². The Balaban J connectivity index is 1.93. The van der Waals surface area contributed by atoms with Crippen LogP contribution in [-0.4, -0.2) is 29.4 Å². The molecule has 0 bridgehead atoms. The third-order valence-corrected chi connectivity index (χ3v) is 3.89. The van der Waals surface area contributed by atoms with Crippen LogP contribution in [0.3, 0.4) is 0 Å². The summed E-state index contributed by atoms with van der Waals surface area (Å²) >= 11 is 3.41. The Labute approximate surface area is 130 Å². The molecule has 21 heavy (non-hydrogen) atoms. The first kappa shape index (κ1) is 14.0. The number of halogens is 1. The molecule has 2 aromatic rings. The fourth-order valence-electron chi connectivity index (χ4n) is 2.30. The van der Waals surface area contributed by atoms with Crippen LogP contribution in [0.25, 0.3) is 10.9 Å². The molecule has 6 heteroatoms. The number of methoxy groups -OCH3 is 1. The summed E-state index contributed by atoms with van der Waals surface area (Å²) in [5.41, 5.74) is 1.49. The van der Waals surface area contributed by atoms with Crippen molar-refractivity contribution in [2.45, 2.75) is 18.9 Å². The number of pyridine rings is 1. The molecule has 0 saturated heterocycles. The minimum atomic E-state index is -1.05. The van der Waals surface area contributed by atoms with Crippen LogP contribution in [0.2, 0.25) is 0 Å². The van der Waals surface area contributed by atoms with Crippen LogP contribution in [0, 0.1) is 0 Å². The number of oxime groups is 1. The summed E-state index contributed by atoms with van der Waals surface area (Å²) in [5, 5.41) is 5.04. The molecule has 1 unspecified atom stereocenters. The smallest absolute Gasteiger partial charge is 0.353 e. The molecule has 0 saturated carbocycles. The lowest BCUT2D eigenvalue weighted by Gasteiger charge is -2.17. The van der Waals surface area contributed by atoms with Gasteiger partial charge in [0.2, 0.25) is 5.60 Å². The Hall–Kier alpha value is -1.95. The lowest BCUT2D eigenvalue weighted by atomic mass is 9.95. The lowest BCUT2D eigenvalue weighted by Crippen LogP contribution is -2.36. The molecule has 0 fully saturated rings. The predicted molar refractivity (Wildman–Crippen MR) is 82.1 cm³/mol. The van der Waals surface area contributed by atoms with Crippen LogP contribution < -0.4 is 0 Å². The van der Waals surface area contributed by atoms with Crippen LogP contribution in [0.15, 0.2) is 40.1 Å². The number of hydrogen-bond donors (Lipinski definition) is 0. The molecule has 1 aromatic carbocycles. The van der Waals surface area contributed by atoms with Gasteiger partial charge in [0.15, 0.2) is 0 Å². The Kier molecular flexibility index (Phi) is 3.41. The molecular weight excluding hydrogens is 336 g/mol. The third kappa shape index (κ3) is 2.51. The van der Waals surface area contributed by atoms with Gasteiger partial charge in [-0.15, -0.1) is 0 Å². The van der Waals surface area contributed by atoms with Gasteiger partial charge >= 0.3 is 5.97 Å². The number of fused-ring (bicyclic) bond motifs is 1. The van der Waals surface area contributed by atoms with E-state index in [2.05, 4.69) is 26.1 Å². The highest BCUT2D eigenvalue weighted by molar-refractivity contribution is 9.10. The topological polar surface area (TPSA) is 60.8 Å². The molecule has 0 spiro atoms. The van der Waals surface area contributed by atoms with Crippen molar-refractivity contribution < 1.29 is 14.4 Å². The van der Waals surface area contributed by atoms with Gasteiger partial charge in [-0.05, 0) is 41.1 Å². The van der Waals surface area contributed by atoms with Crippen molar-refractivity contribution in [1.82, 2.24) is 4.98 Å². The maximum Gasteiger partial charge on any atom is 0.353 e. The zero-order valence-corrected chi connectivity index (χ0v) is 13.2. The van der Waals surface area contributed by atoms with Crippen molar-refractivity contribution in [3.8, 4) is 0 Å². The maximum absolute atomic E-state index is 11.7. The quantitative estimate of drug-likeness (QED) is 0.782. The van der Waals surface area contributed by atoms with Crippen LogP contribution in [-0.2, 0) is 14.4 Å². The Bertz CT molecular complexity index is 760. The second-order valence-corrected chi connectivity index (χ2v) is 6.01. The molecular formula is C15H13BrN2O3. The van der Waals surface area contributed by atoms with Crippen molar-refractivity contribution in [3.05, 3.63) is 40.5 Å². The zero-order valence-electron chi connectivity index (χ0n) is 11.6. The van der Waals surface area contributed by atoms with Gasteiger partial charge < -0.3 is 9.57 Å². The normalized spacial score (nSPS) is 21.0. The highest BCUT2D eigenvalue weighted by atomic mass is 79.9. The number of carbonyl (C=O) groups excluding carboxylic acids is 1. The molecule has 108 valence electrons. The summed E-state index contributed by atoms with van der Waals surface area (Å²) in [6, 6.07) is 7.82. The molecule has 5 nitrogen and oxygen atoms in total. The summed E-state index contributed by atoms with van der Waals surface area (Å²) in [4.78, 5) is 21.3. The lowest BCUT2D eigenvalue weighted by molar-refractivity contribution is -0.164. The monoisotopic (exact) mass is 348 g/mol. The molecule has 2 heterocycles. The molecule has 1 aliphatic rings. The average Bonchev–Trinajstić information content (AvgIpc) is 2.89. The molecule has 0 N–H and O–H groups in total. The van der Waals surface area contributed by atoms with Crippen LogP contribution >= 0.6 is 15.9 Å². The molecule has 1 aliphatic heterocycles. The van der Waals surface area contributed by atoms with Crippen molar-refractivity contribution in [2.75, 3.05) is 7.11 Å². The number of rotatable bonds is 2. The highest BCUT2D eigenvalue weighted by Gasteiger charge is 2.43. The van der Waals surface area contributed by atoms with Crippen molar-refractivity contribution in [3.63, 3.8) is 0 Å². The van der Waals surface area contributed by atoms with Crippen LogP contribution in [0.1, 0.15) is 18.9 Å². The zero-order chi connectivity index (χ0) is 15.0. The first-order valence-electron chi connectivity index (χ1n) is 6.41. The van der Waals surface area contributed by atoms with Crippen molar-refractivity contribution in [2.24, 2.45) is 5.16 Å². The second-order valence-electron chi connectivity index (χ2n) is 5.09. The van der Waals surface area contributed by atoms with Crippen molar-refractivity contribution in [1.29, 1.82) is 0 Å². The van der Waals surface area contributed by atoms with E-state index in [1.807, 2.05) is 24.3 Å². The number of hydrogen-bond acceptors (Lipinski definition) is 5. The molecule has 3 rings (SSSR count). The number of nitrogens with zero attached hydrogens (tertiary/aromatic N) is 2. The van der Waals surface area contributed by atoms with E-state index in [1.165, 1.54) is 7.11 Å². The van der Waals surface area contributed by atoms with Crippen LogP contribution in [0.4, 0.5) is 0 Å². The fourth-order valence-corrected chi connectivity index (χ4v) is 2.65. The Morgan fingerprint density at radius 2 is 2.24 bits per heavy atom. The maximum atomic E-state index is 11.7. The molecule has 1 atom stereocenters. The van der Waals surface area contributed by atoms with E-state index in [-0.39, 0.29) is 0 Å². The van der Waals surface area contributed by atoms with E-state index in [0.717, 1.165) is 26.7 Å². The molecule has 0 amide bonds. The van der Waals surface area contributed by atoms with Gasteiger partial charge in [0.05, 0.1) is 18.3 Å². The van der Waals surface area contributed by atoms with Crippen LogP contribution in [0.5, 0.6) is 0 Å². The SMILES string of the molecule is COC(=O)C1(C)CC(c2ccc3ncc(Br)cc3c2)=NO1. The fraction of sp³-hybridized carbons (Fsp3) is 0.267. The standard InChI is InChI=1S/C15H13BrN2O3/c1-15(14(19)20-2)7-13(18-21-15)9-3-4-12-10(5-9)6-11(16)8-17-12/h3-6,8H,7H2,1-2H3. The molecule has 1 aromatic heterocycles. The summed E-state index contributed by atoms with van der Waals surface area (Å²) in [7, 11) is 1.34. The van der Waals surface area contributed by atoms with E-state index < -0.39 is 11.6 Å². The minimum absolute atomic E-state index is 0.382. The van der Waals surface area contributed by atoms with Gasteiger partial charge in [0.25, 0.3) is 0 Å². The summed E-state index contributed by atoms with van der Waals surface area (Å²) < 4.78 is 5.67. The van der Waals surface area contributed by atoms with E-state index in [0.29, 0.717) is 6.42 Å². The van der Waals surface area contributed by atoms with Gasteiger partial charge in [-0.1, -0.05) is 11.2 Å². The predicted octanol–water partition coefficient (Wildman–Crippen LogP) is 3.05. The summed E-state index contributed by atoms with van der Waals surface area (Å²) in [6.45, 7) is 1.68. The average molecular weight is 349 g/mol. The van der Waals surface area contributed by atoms with Gasteiger partial charge in [0.1, 0.15) is 0 Å². The Morgan fingerprint density at radius 3 is 3.00 bits per heavy atom. The van der Waals surface area contributed by atoms with E-state index >= 15 is 0 Å². The number of aromatic nitrogens is 1. The number of carbonyl (C=O) groups is 1. The van der Waals surface area contributed by atoms with E-state index in [4.69, 9.17) is 9.57 Å². The second kappa shape index (κ2) is 5.11. The summed E-state index contributed by atoms with van der Waals surface area (Å²) in [5.74, 6) is -0.425. The largest absolute Gasteiger partial charge is 0.466 e. The molecule has 0 radical (unpaired) electrons. The number of ether oxygens (including phenoxy) is 1. The van der Waals surface area contributed by atoms with Crippen molar-refractivity contribution >= 4 is 38.5 Å². The Morgan fingerprint density at radius 1 is 1.43 bits per heavy atom. The minimum Gasteiger partial charge on any atom is -0.466 e. The van der Waals surface area contributed by atoms with Gasteiger partial charge in [-0.2, -0.15) is 0 Å². The third-order valence-electron chi connectivity index (χ3n) is 3.46. The first-order valence-corrected chi connectivity index (χ1v) is 7.20. The first-order chi connectivity index (χ1) is 10.0. The number of esters is 1. The molecule has 0 aliphatic carbocycles. The van der Waals surface area contributed by atoms with Gasteiger partial charge in [-0.25, -0.2) is 4.79 Å². The van der Waals surface area contributed by atoms with E-state index in [1.54, 1.807) is 13.1 Å². The number of benzene rings is 1. The van der Waals surface area contributed by atoms with E-state index in [9.17, 15) is 4.79 Å². The van der Waals surface area contributed by atoms with Gasteiger partial charge in [-0.3, -0.25) is 4.98 Å².